The summed E-state index contributed by atoms with van der Waals surface area (Å²) in [5.41, 5.74) is 1.03. The molecule has 1 unspecified atom stereocenters. The SMILES string of the molecule is Cc1ccc(S(=O)(=O)/N=C2\SC(C)CN2C)cc1. The summed E-state index contributed by atoms with van der Waals surface area (Å²) in [6, 6.07) is 6.75. The van der Waals surface area contributed by atoms with Crippen LogP contribution in [0.25, 0.3) is 0 Å². The molecule has 6 heteroatoms. The molecule has 0 amide bonds. The van der Waals surface area contributed by atoms with Gasteiger partial charge in [0.05, 0.1) is 4.90 Å². The maximum absolute atomic E-state index is 12.1. The van der Waals surface area contributed by atoms with Gasteiger partial charge in [-0.1, -0.05) is 36.4 Å². The van der Waals surface area contributed by atoms with Crippen LogP contribution in [0.15, 0.2) is 33.6 Å². The van der Waals surface area contributed by atoms with Crippen LogP contribution in [-0.2, 0) is 10.0 Å². The molecule has 1 aromatic carbocycles. The first-order valence-corrected chi connectivity index (χ1v) is 8.00. The Labute approximate surface area is 112 Å². The second-order valence-corrected chi connectivity index (χ2v) is 7.48. The quantitative estimate of drug-likeness (QED) is 0.834. The average molecular weight is 284 g/mol. The lowest BCUT2D eigenvalue weighted by Crippen LogP contribution is -2.20. The molecule has 1 aromatic rings. The van der Waals surface area contributed by atoms with E-state index in [4.69, 9.17) is 0 Å². The zero-order valence-corrected chi connectivity index (χ0v) is 12.3. The second-order valence-electron chi connectivity index (χ2n) is 4.47. The number of nitrogens with zero attached hydrogens (tertiary/aromatic N) is 2. The fourth-order valence-corrected chi connectivity index (χ4v) is 4.04. The van der Waals surface area contributed by atoms with Gasteiger partial charge in [0, 0.05) is 18.8 Å². The number of rotatable bonds is 2. The molecule has 98 valence electrons. The standard InChI is InChI=1S/C12H16N2O2S2/c1-9-4-6-11(7-5-9)18(15,16)13-12-14(3)8-10(2)17-12/h4-7,10H,8H2,1-3H3/b13-12-. The van der Waals surface area contributed by atoms with E-state index in [1.165, 1.54) is 11.8 Å². The lowest BCUT2D eigenvalue weighted by Gasteiger charge is -2.09. The van der Waals surface area contributed by atoms with E-state index in [0.29, 0.717) is 10.4 Å². The molecule has 0 aliphatic carbocycles. The van der Waals surface area contributed by atoms with E-state index in [9.17, 15) is 8.42 Å². The smallest absolute Gasteiger partial charge is 0.284 e. The van der Waals surface area contributed by atoms with Crippen LogP contribution in [0.4, 0.5) is 0 Å². The van der Waals surface area contributed by atoms with E-state index in [-0.39, 0.29) is 4.90 Å². The molecule has 18 heavy (non-hydrogen) atoms. The van der Waals surface area contributed by atoms with Crippen LogP contribution in [0.1, 0.15) is 12.5 Å². The molecule has 1 saturated heterocycles. The van der Waals surface area contributed by atoms with E-state index >= 15 is 0 Å². The monoisotopic (exact) mass is 284 g/mol. The van der Waals surface area contributed by atoms with Gasteiger partial charge in [-0.3, -0.25) is 0 Å². The molecule has 0 N–H and O–H groups in total. The molecule has 1 aliphatic rings. The highest BCUT2D eigenvalue weighted by molar-refractivity contribution is 8.15. The Hall–Kier alpha value is -1.01. The van der Waals surface area contributed by atoms with Gasteiger partial charge >= 0.3 is 0 Å². The van der Waals surface area contributed by atoms with Crippen molar-refractivity contribution in [1.82, 2.24) is 4.90 Å². The highest BCUT2D eigenvalue weighted by atomic mass is 32.2. The molecular formula is C12H16N2O2S2. The summed E-state index contributed by atoms with van der Waals surface area (Å²) < 4.78 is 28.2. The van der Waals surface area contributed by atoms with Crippen molar-refractivity contribution in [3.05, 3.63) is 29.8 Å². The highest BCUT2D eigenvalue weighted by Crippen LogP contribution is 2.26. The topological polar surface area (TPSA) is 49.7 Å². The lowest BCUT2D eigenvalue weighted by molar-refractivity contribution is 0.532. The van der Waals surface area contributed by atoms with Gasteiger partial charge in [0.2, 0.25) is 0 Å². The molecule has 0 aromatic heterocycles. The third kappa shape index (κ3) is 2.87. The normalized spacial score (nSPS) is 22.7. The molecular weight excluding hydrogens is 268 g/mol. The van der Waals surface area contributed by atoms with Crippen LogP contribution in [0, 0.1) is 6.92 Å². The second kappa shape index (κ2) is 4.93. The van der Waals surface area contributed by atoms with Crippen molar-refractivity contribution in [2.24, 2.45) is 4.40 Å². The Morgan fingerprint density at radius 2 is 1.94 bits per heavy atom. The molecule has 1 fully saturated rings. The van der Waals surface area contributed by atoms with Crippen molar-refractivity contribution < 1.29 is 8.42 Å². The minimum Gasteiger partial charge on any atom is -0.353 e. The maximum atomic E-state index is 12.1. The van der Waals surface area contributed by atoms with Gasteiger partial charge in [0.15, 0.2) is 5.17 Å². The first-order valence-electron chi connectivity index (χ1n) is 5.68. The molecule has 1 atom stereocenters. The van der Waals surface area contributed by atoms with Crippen LogP contribution in [0.2, 0.25) is 0 Å². The van der Waals surface area contributed by atoms with E-state index < -0.39 is 10.0 Å². The number of benzene rings is 1. The Bertz CT molecular complexity index is 564. The maximum Gasteiger partial charge on any atom is 0.284 e. The summed E-state index contributed by atoms with van der Waals surface area (Å²) in [7, 11) is -1.73. The van der Waals surface area contributed by atoms with Gasteiger partial charge in [-0.25, -0.2) is 0 Å². The molecule has 4 nitrogen and oxygen atoms in total. The van der Waals surface area contributed by atoms with E-state index in [1.807, 2.05) is 18.9 Å². The van der Waals surface area contributed by atoms with Crippen LogP contribution < -0.4 is 0 Å². The van der Waals surface area contributed by atoms with Crippen molar-refractivity contribution in [3.8, 4) is 0 Å². The van der Waals surface area contributed by atoms with Gasteiger partial charge in [-0.15, -0.1) is 4.40 Å². The zero-order valence-electron chi connectivity index (χ0n) is 10.6. The van der Waals surface area contributed by atoms with Gasteiger partial charge in [-0.05, 0) is 19.1 Å². The minimum atomic E-state index is -3.59. The van der Waals surface area contributed by atoms with Crippen molar-refractivity contribution in [2.45, 2.75) is 24.0 Å². The number of thioether (sulfide) groups is 1. The molecule has 0 bridgehead atoms. The molecule has 0 saturated carbocycles. The molecule has 2 rings (SSSR count). The van der Waals surface area contributed by atoms with Crippen molar-refractivity contribution in [1.29, 1.82) is 0 Å². The lowest BCUT2D eigenvalue weighted by atomic mass is 10.2. The fourth-order valence-electron chi connectivity index (χ4n) is 1.73. The molecule has 1 aliphatic heterocycles. The van der Waals surface area contributed by atoms with Gasteiger partial charge in [0.25, 0.3) is 10.0 Å². The van der Waals surface area contributed by atoms with Crippen LogP contribution in [0.3, 0.4) is 0 Å². The Morgan fingerprint density at radius 3 is 2.44 bits per heavy atom. The predicted molar refractivity (Wildman–Crippen MR) is 75.5 cm³/mol. The summed E-state index contributed by atoms with van der Waals surface area (Å²) in [4.78, 5) is 2.12. The van der Waals surface area contributed by atoms with Gasteiger partial charge in [-0.2, -0.15) is 8.42 Å². The van der Waals surface area contributed by atoms with E-state index in [1.54, 1.807) is 24.3 Å². The summed E-state index contributed by atoms with van der Waals surface area (Å²) in [6.07, 6.45) is 0. The number of hydrogen-bond acceptors (Lipinski definition) is 3. The molecule has 1 heterocycles. The Kier molecular flexibility index (Phi) is 3.68. The number of aryl methyl sites for hydroxylation is 1. The van der Waals surface area contributed by atoms with Crippen LogP contribution in [0.5, 0.6) is 0 Å². The Morgan fingerprint density at radius 1 is 1.33 bits per heavy atom. The first-order chi connectivity index (χ1) is 8.38. The number of amidine groups is 1. The van der Waals surface area contributed by atoms with E-state index in [2.05, 4.69) is 11.3 Å². The molecule has 0 spiro atoms. The van der Waals surface area contributed by atoms with Gasteiger partial charge in [0.1, 0.15) is 0 Å². The van der Waals surface area contributed by atoms with Gasteiger partial charge < -0.3 is 4.90 Å². The van der Waals surface area contributed by atoms with Crippen molar-refractivity contribution >= 4 is 27.0 Å². The Balaban J connectivity index is 2.33. The fraction of sp³-hybridized carbons (Fsp3) is 0.417. The summed E-state index contributed by atoms with van der Waals surface area (Å²) in [5, 5.41) is 0.949. The van der Waals surface area contributed by atoms with Crippen LogP contribution >= 0.6 is 11.8 Å². The highest BCUT2D eigenvalue weighted by Gasteiger charge is 2.25. The summed E-state index contributed by atoms with van der Waals surface area (Å²) >= 11 is 1.50. The third-order valence-electron chi connectivity index (χ3n) is 2.68. The predicted octanol–water partition coefficient (Wildman–Crippen LogP) is 2.11. The summed E-state index contributed by atoms with van der Waals surface area (Å²) in [5.74, 6) is 0. The molecule has 0 radical (unpaired) electrons. The minimum absolute atomic E-state index is 0.245. The average Bonchev–Trinajstić information content (AvgIpc) is 2.57. The first kappa shape index (κ1) is 13.4. The largest absolute Gasteiger partial charge is 0.353 e. The summed E-state index contributed by atoms with van der Waals surface area (Å²) in [6.45, 7) is 4.81. The van der Waals surface area contributed by atoms with Crippen molar-refractivity contribution in [2.75, 3.05) is 13.6 Å². The zero-order chi connectivity index (χ0) is 13.3. The number of sulfonamides is 1. The number of hydrogen-bond donors (Lipinski definition) is 0. The van der Waals surface area contributed by atoms with E-state index in [0.717, 1.165) is 12.1 Å². The van der Waals surface area contributed by atoms with Crippen molar-refractivity contribution in [3.63, 3.8) is 0 Å². The van der Waals surface area contributed by atoms with Crippen LogP contribution in [-0.4, -0.2) is 37.3 Å². The third-order valence-corrected chi connectivity index (χ3v) is 5.24.